The Kier molecular flexibility index (Phi) is 4.49. The van der Waals surface area contributed by atoms with Crippen molar-refractivity contribution >= 4 is 28.6 Å². The van der Waals surface area contributed by atoms with Gasteiger partial charge in [0, 0.05) is 22.9 Å². The number of carboxylic acid groups (broad SMARTS) is 1. The zero-order chi connectivity index (χ0) is 14.7. The van der Waals surface area contributed by atoms with Gasteiger partial charge in [-0.25, -0.2) is 0 Å². The fourth-order valence-electron chi connectivity index (χ4n) is 2.21. The molecule has 0 aliphatic carbocycles. The molecule has 0 unspecified atom stereocenters. The third-order valence-corrected chi connectivity index (χ3v) is 4.25. The van der Waals surface area contributed by atoms with Gasteiger partial charge in [-0.05, 0) is 31.0 Å². The van der Waals surface area contributed by atoms with Crippen LogP contribution in [0.3, 0.4) is 0 Å². The molecule has 1 aromatic heterocycles. The summed E-state index contributed by atoms with van der Waals surface area (Å²) in [5.41, 5.74) is 1.96. The molecule has 1 N–H and O–H groups in total. The Bertz CT molecular complexity index is 706. The Morgan fingerprint density at radius 1 is 1.30 bits per heavy atom. The van der Waals surface area contributed by atoms with Crippen LogP contribution in [0.5, 0.6) is 0 Å². The summed E-state index contributed by atoms with van der Waals surface area (Å²) in [5, 5.41) is 9.77. The smallest absolute Gasteiger partial charge is 0.313 e. The lowest BCUT2D eigenvalue weighted by molar-refractivity contribution is -0.133. The summed E-state index contributed by atoms with van der Waals surface area (Å²) in [6, 6.07) is 7.55. The number of benzene rings is 1. The topological polar surface area (TPSA) is 59.3 Å². The number of aromatic nitrogens is 1. The highest BCUT2D eigenvalue weighted by atomic mass is 32.2. The van der Waals surface area contributed by atoms with Gasteiger partial charge in [-0.2, -0.15) is 0 Å². The second kappa shape index (κ2) is 6.13. The molecule has 0 aliphatic heterocycles. The van der Waals surface area contributed by atoms with Gasteiger partial charge in [-0.3, -0.25) is 9.59 Å². The molecule has 0 aliphatic rings. The maximum atomic E-state index is 12.1. The lowest BCUT2D eigenvalue weighted by Gasteiger charge is -2.12. The van der Waals surface area contributed by atoms with Crippen LogP contribution in [0, 0.1) is 0 Å². The summed E-state index contributed by atoms with van der Waals surface area (Å²) >= 11 is 1.20. The Morgan fingerprint density at radius 2 is 2.05 bits per heavy atom. The number of carboxylic acids is 1. The molecule has 0 spiro atoms. The van der Waals surface area contributed by atoms with Crippen molar-refractivity contribution in [3.05, 3.63) is 40.2 Å². The van der Waals surface area contributed by atoms with Crippen LogP contribution < -0.4 is 5.56 Å². The van der Waals surface area contributed by atoms with Crippen molar-refractivity contribution in [1.29, 1.82) is 0 Å². The Labute approximate surface area is 121 Å². The molecular weight excluding hydrogens is 274 g/mol. The van der Waals surface area contributed by atoms with E-state index in [1.165, 1.54) is 17.3 Å². The maximum absolute atomic E-state index is 12.1. The van der Waals surface area contributed by atoms with Gasteiger partial charge in [0.2, 0.25) is 0 Å². The Balaban J connectivity index is 2.66. The number of hydrogen-bond acceptors (Lipinski definition) is 3. The largest absolute Gasteiger partial charge is 0.481 e. The first-order valence-electron chi connectivity index (χ1n) is 6.57. The molecule has 0 amide bonds. The highest BCUT2D eigenvalue weighted by Crippen LogP contribution is 2.27. The predicted molar refractivity (Wildman–Crippen MR) is 81.6 cm³/mol. The van der Waals surface area contributed by atoms with Crippen LogP contribution in [0.25, 0.3) is 10.9 Å². The molecule has 0 fully saturated rings. The summed E-state index contributed by atoms with van der Waals surface area (Å²) in [7, 11) is 0. The van der Waals surface area contributed by atoms with Crippen LogP contribution in [0.2, 0.25) is 0 Å². The van der Waals surface area contributed by atoms with Crippen molar-refractivity contribution in [3.63, 3.8) is 0 Å². The first kappa shape index (κ1) is 14.7. The fourth-order valence-corrected chi connectivity index (χ4v) is 2.99. The van der Waals surface area contributed by atoms with E-state index in [-0.39, 0.29) is 11.3 Å². The first-order valence-corrected chi connectivity index (χ1v) is 7.56. The quantitative estimate of drug-likeness (QED) is 0.861. The van der Waals surface area contributed by atoms with Gasteiger partial charge in [-0.1, -0.05) is 13.0 Å². The van der Waals surface area contributed by atoms with Gasteiger partial charge in [0.15, 0.2) is 0 Å². The lowest BCUT2D eigenvalue weighted by Crippen LogP contribution is -2.19. The highest BCUT2D eigenvalue weighted by Gasteiger charge is 2.10. The number of carbonyl (C=O) groups is 1. The predicted octanol–water partition coefficient (Wildman–Crippen LogP) is 2.76. The number of hydrogen-bond donors (Lipinski definition) is 1. The molecule has 106 valence electrons. The van der Waals surface area contributed by atoms with E-state index in [1.54, 1.807) is 10.6 Å². The van der Waals surface area contributed by atoms with Gasteiger partial charge in [0.1, 0.15) is 0 Å². The zero-order valence-electron chi connectivity index (χ0n) is 11.5. The maximum Gasteiger partial charge on any atom is 0.313 e. The van der Waals surface area contributed by atoms with Crippen LogP contribution in [-0.2, 0) is 17.8 Å². The second-order valence-corrected chi connectivity index (χ2v) is 5.50. The minimum Gasteiger partial charge on any atom is -0.481 e. The van der Waals surface area contributed by atoms with E-state index in [4.69, 9.17) is 5.11 Å². The van der Waals surface area contributed by atoms with E-state index in [0.717, 1.165) is 22.2 Å². The van der Waals surface area contributed by atoms with Crippen molar-refractivity contribution in [2.75, 3.05) is 5.75 Å². The molecule has 1 heterocycles. The molecule has 2 aromatic rings. The molecule has 4 nitrogen and oxygen atoms in total. The summed E-state index contributed by atoms with van der Waals surface area (Å²) < 4.78 is 1.71. The number of aryl methyl sites for hydroxylation is 2. The van der Waals surface area contributed by atoms with Crippen LogP contribution in [0.4, 0.5) is 0 Å². The second-order valence-electron chi connectivity index (χ2n) is 4.48. The molecule has 2 rings (SSSR count). The zero-order valence-corrected chi connectivity index (χ0v) is 12.4. The van der Waals surface area contributed by atoms with Gasteiger partial charge in [-0.15, -0.1) is 11.8 Å². The number of rotatable bonds is 5. The number of nitrogens with zero attached hydrogens (tertiary/aromatic N) is 1. The van der Waals surface area contributed by atoms with E-state index >= 15 is 0 Å². The highest BCUT2D eigenvalue weighted by molar-refractivity contribution is 8.00. The van der Waals surface area contributed by atoms with Crippen molar-refractivity contribution in [2.24, 2.45) is 0 Å². The average molecular weight is 291 g/mol. The van der Waals surface area contributed by atoms with E-state index in [9.17, 15) is 9.59 Å². The molecule has 0 saturated heterocycles. The van der Waals surface area contributed by atoms with E-state index in [1.807, 2.05) is 25.1 Å². The van der Waals surface area contributed by atoms with Crippen molar-refractivity contribution in [3.8, 4) is 0 Å². The molecule has 20 heavy (non-hydrogen) atoms. The van der Waals surface area contributed by atoms with Crippen molar-refractivity contribution in [2.45, 2.75) is 31.7 Å². The van der Waals surface area contributed by atoms with Crippen LogP contribution in [0.1, 0.15) is 19.4 Å². The number of thioether (sulfide) groups is 1. The lowest BCUT2D eigenvalue weighted by atomic mass is 10.1. The molecule has 5 heteroatoms. The number of aliphatic carboxylic acids is 1. The summed E-state index contributed by atoms with van der Waals surface area (Å²) in [6.45, 7) is 4.60. The summed E-state index contributed by atoms with van der Waals surface area (Å²) in [4.78, 5) is 23.6. The molecule has 0 bridgehead atoms. The normalized spacial score (nSPS) is 10.9. The third kappa shape index (κ3) is 2.88. The number of fused-ring (bicyclic) bond motifs is 1. The van der Waals surface area contributed by atoms with Crippen LogP contribution in [-0.4, -0.2) is 21.4 Å². The SMILES string of the molecule is CCc1ccc2c(c1)c(SCC(=O)O)cc(=O)n2CC. The van der Waals surface area contributed by atoms with Gasteiger partial charge < -0.3 is 9.67 Å². The van der Waals surface area contributed by atoms with Crippen LogP contribution >= 0.6 is 11.8 Å². The Morgan fingerprint density at radius 3 is 2.65 bits per heavy atom. The van der Waals surface area contributed by atoms with Crippen LogP contribution in [0.15, 0.2) is 34.0 Å². The molecule has 0 atom stereocenters. The molecular formula is C15H17NO3S. The first-order chi connectivity index (χ1) is 9.56. The summed E-state index contributed by atoms with van der Waals surface area (Å²) in [6.07, 6.45) is 0.907. The van der Waals surface area contributed by atoms with Gasteiger partial charge in [0.25, 0.3) is 5.56 Å². The van der Waals surface area contributed by atoms with Gasteiger partial charge >= 0.3 is 5.97 Å². The van der Waals surface area contributed by atoms with E-state index in [2.05, 4.69) is 6.92 Å². The van der Waals surface area contributed by atoms with Crippen molar-refractivity contribution < 1.29 is 9.90 Å². The number of pyridine rings is 1. The minimum atomic E-state index is -0.880. The summed E-state index contributed by atoms with van der Waals surface area (Å²) in [5.74, 6) is -0.921. The van der Waals surface area contributed by atoms with Crippen molar-refractivity contribution in [1.82, 2.24) is 4.57 Å². The molecule has 0 radical (unpaired) electrons. The molecule has 0 saturated carbocycles. The standard InChI is InChI=1S/C15H17NO3S/c1-3-10-5-6-12-11(7-10)13(20-9-15(18)19)8-14(17)16(12)4-2/h5-8H,3-4,9H2,1-2H3,(H,18,19). The minimum absolute atomic E-state index is 0.0406. The third-order valence-electron chi connectivity index (χ3n) is 3.21. The monoisotopic (exact) mass is 291 g/mol. The average Bonchev–Trinajstić information content (AvgIpc) is 2.44. The molecule has 1 aromatic carbocycles. The fraction of sp³-hybridized carbons (Fsp3) is 0.333. The van der Waals surface area contributed by atoms with E-state index < -0.39 is 5.97 Å². The van der Waals surface area contributed by atoms with E-state index in [0.29, 0.717) is 6.54 Å². The van der Waals surface area contributed by atoms with Gasteiger partial charge in [0.05, 0.1) is 11.3 Å². The Hall–Kier alpha value is -1.75.